The Bertz CT molecular complexity index is 616. The van der Waals surface area contributed by atoms with Crippen LogP contribution in [0.1, 0.15) is 18.4 Å². The molecule has 0 aliphatic carbocycles. The van der Waals surface area contributed by atoms with Gasteiger partial charge in [0.15, 0.2) is 11.5 Å². The molecule has 0 radical (unpaired) electrons. The van der Waals surface area contributed by atoms with Crippen LogP contribution in [0.2, 0.25) is 0 Å². The van der Waals surface area contributed by atoms with Crippen LogP contribution in [0.4, 0.5) is 8.78 Å². The molecule has 6 nitrogen and oxygen atoms in total. The van der Waals surface area contributed by atoms with Gasteiger partial charge in [-0.1, -0.05) is 6.07 Å². The van der Waals surface area contributed by atoms with Crippen molar-refractivity contribution in [2.75, 3.05) is 59.7 Å². The van der Waals surface area contributed by atoms with Crippen molar-refractivity contribution in [3.8, 4) is 11.5 Å². The van der Waals surface area contributed by atoms with Crippen molar-refractivity contribution < 1.29 is 28.1 Å². The number of aliphatic hydroxyl groups excluding tert-OH is 1. The van der Waals surface area contributed by atoms with Crippen molar-refractivity contribution in [3.05, 3.63) is 23.8 Å². The Labute approximate surface area is 165 Å². The lowest BCUT2D eigenvalue weighted by Crippen LogP contribution is -2.42. The van der Waals surface area contributed by atoms with Crippen molar-refractivity contribution in [1.82, 2.24) is 9.80 Å². The third-order valence-corrected chi connectivity index (χ3v) is 5.23. The fraction of sp³-hybridized carbons (Fsp3) is 0.700. The van der Waals surface area contributed by atoms with E-state index in [1.165, 1.54) is 0 Å². The number of benzene rings is 1. The highest BCUT2D eigenvalue weighted by Crippen LogP contribution is 2.31. The van der Waals surface area contributed by atoms with Gasteiger partial charge in [-0.25, -0.2) is 8.78 Å². The van der Waals surface area contributed by atoms with Gasteiger partial charge in [-0.3, -0.25) is 9.80 Å². The van der Waals surface area contributed by atoms with Gasteiger partial charge in [0.1, 0.15) is 12.7 Å². The maximum Gasteiger partial charge on any atom is 0.250 e. The van der Waals surface area contributed by atoms with E-state index < -0.39 is 12.0 Å². The molecule has 2 fully saturated rings. The summed E-state index contributed by atoms with van der Waals surface area (Å²) in [5.41, 5.74) is 0.989. The van der Waals surface area contributed by atoms with Crippen LogP contribution in [0.25, 0.3) is 0 Å². The van der Waals surface area contributed by atoms with Gasteiger partial charge in [-0.15, -0.1) is 0 Å². The number of alkyl halides is 2. The van der Waals surface area contributed by atoms with E-state index in [0.29, 0.717) is 50.9 Å². The second-order valence-corrected chi connectivity index (χ2v) is 7.50. The highest BCUT2D eigenvalue weighted by molar-refractivity contribution is 5.43. The van der Waals surface area contributed by atoms with Crippen LogP contribution < -0.4 is 9.47 Å². The molecule has 3 rings (SSSR count). The molecule has 0 unspecified atom stereocenters. The molecule has 1 atom stereocenters. The predicted octanol–water partition coefficient (Wildman–Crippen LogP) is 2.00. The van der Waals surface area contributed by atoms with Crippen molar-refractivity contribution in [2.45, 2.75) is 31.4 Å². The summed E-state index contributed by atoms with van der Waals surface area (Å²) in [4.78, 5) is 4.18. The Morgan fingerprint density at radius 1 is 1.11 bits per heavy atom. The Hall–Kier alpha value is -1.48. The van der Waals surface area contributed by atoms with Gasteiger partial charge < -0.3 is 19.3 Å². The first-order valence-corrected chi connectivity index (χ1v) is 9.83. The largest absolute Gasteiger partial charge is 0.493 e. The molecule has 0 bridgehead atoms. The minimum Gasteiger partial charge on any atom is -0.493 e. The number of piperidine rings is 1. The van der Waals surface area contributed by atoms with Gasteiger partial charge in [0.2, 0.25) is 0 Å². The number of β-amino-alcohol motifs (C(OH)–C–C–N with tert-alkyl or cyclic N) is 1. The van der Waals surface area contributed by atoms with Crippen LogP contribution in [0.3, 0.4) is 0 Å². The molecule has 1 aromatic carbocycles. The van der Waals surface area contributed by atoms with E-state index >= 15 is 0 Å². The molecule has 0 amide bonds. The van der Waals surface area contributed by atoms with Crippen LogP contribution in [0, 0.1) is 0 Å². The van der Waals surface area contributed by atoms with E-state index in [9.17, 15) is 13.9 Å². The van der Waals surface area contributed by atoms with Gasteiger partial charge >= 0.3 is 0 Å². The van der Waals surface area contributed by atoms with E-state index in [4.69, 9.17) is 14.2 Å². The second kappa shape index (κ2) is 9.82. The van der Waals surface area contributed by atoms with Gasteiger partial charge in [-0.05, 0) is 17.7 Å². The average Bonchev–Trinajstić information content (AvgIpc) is 2.69. The summed E-state index contributed by atoms with van der Waals surface area (Å²) in [7, 11) is 1.57. The minimum absolute atomic E-state index is 0.0909. The molecule has 1 N–H and O–H groups in total. The zero-order chi connectivity index (χ0) is 20.0. The Balaban J connectivity index is 1.49. The van der Waals surface area contributed by atoms with E-state index in [0.717, 1.165) is 18.7 Å². The predicted molar refractivity (Wildman–Crippen MR) is 101 cm³/mol. The van der Waals surface area contributed by atoms with Gasteiger partial charge in [0.05, 0.1) is 20.3 Å². The molecule has 158 valence electrons. The molecule has 0 aromatic heterocycles. The number of aliphatic hydroxyl groups is 1. The van der Waals surface area contributed by atoms with Crippen LogP contribution in [-0.2, 0) is 11.3 Å². The van der Waals surface area contributed by atoms with Crippen LogP contribution in [0.15, 0.2) is 18.2 Å². The molecular weight excluding hydrogens is 370 g/mol. The molecule has 28 heavy (non-hydrogen) atoms. The topological polar surface area (TPSA) is 54.4 Å². The van der Waals surface area contributed by atoms with Crippen molar-refractivity contribution in [1.29, 1.82) is 0 Å². The maximum atomic E-state index is 13.3. The number of likely N-dealkylation sites (tertiary alicyclic amines) is 1. The first-order valence-electron chi connectivity index (χ1n) is 9.83. The van der Waals surface area contributed by atoms with Crippen molar-refractivity contribution >= 4 is 0 Å². The summed E-state index contributed by atoms with van der Waals surface area (Å²) in [6.07, 6.45) is -0.781. The molecule has 2 saturated heterocycles. The summed E-state index contributed by atoms with van der Waals surface area (Å²) in [5.74, 6) is -1.38. The number of halogens is 2. The first kappa shape index (κ1) is 21.2. The van der Waals surface area contributed by atoms with Crippen LogP contribution in [0.5, 0.6) is 11.5 Å². The fourth-order valence-corrected chi connectivity index (χ4v) is 3.55. The molecule has 0 saturated carbocycles. The Morgan fingerprint density at radius 3 is 2.50 bits per heavy atom. The second-order valence-electron chi connectivity index (χ2n) is 7.50. The third-order valence-electron chi connectivity index (χ3n) is 5.23. The first-order chi connectivity index (χ1) is 13.4. The molecule has 2 aliphatic rings. The minimum atomic E-state index is -2.53. The standard InChI is InChI=1S/C20H30F2N2O4/c1-26-19-12-16(13-23-6-4-20(21,22)5-7-23)2-3-18(19)28-15-17(25)14-24-8-10-27-11-9-24/h2-3,12,17,25H,4-11,13-15H2,1H3/t17-/m0/s1. The van der Waals surface area contributed by atoms with Gasteiger partial charge in [-0.2, -0.15) is 0 Å². The number of nitrogens with zero attached hydrogens (tertiary/aromatic N) is 2. The lowest BCUT2D eigenvalue weighted by Gasteiger charge is -2.31. The van der Waals surface area contributed by atoms with Crippen LogP contribution in [-0.4, -0.2) is 86.6 Å². The highest BCUT2D eigenvalue weighted by atomic mass is 19.3. The number of rotatable bonds is 8. The van der Waals surface area contributed by atoms with Gasteiger partial charge in [0, 0.05) is 52.1 Å². The molecule has 0 spiro atoms. The zero-order valence-electron chi connectivity index (χ0n) is 16.4. The maximum absolute atomic E-state index is 13.3. The van der Waals surface area contributed by atoms with E-state index in [2.05, 4.69) is 4.90 Å². The number of hydrogen-bond donors (Lipinski definition) is 1. The molecule has 8 heteroatoms. The summed E-state index contributed by atoms with van der Waals surface area (Å²) in [5, 5.41) is 10.2. The molecule has 2 heterocycles. The molecule has 1 aromatic rings. The smallest absolute Gasteiger partial charge is 0.250 e. The number of ether oxygens (including phenoxy) is 3. The van der Waals surface area contributed by atoms with Crippen molar-refractivity contribution in [3.63, 3.8) is 0 Å². The fourth-order valence-electron chi connectivity index (χ4n) is 3.55. The molecular formula is C20H30F2N2O4. The molecule has 2 aliphatic heterocycles. The third kappa shape index (κ3) is 6.27. The quantitative estimate of drug-likeness (QED) is 0.721. The van der Waals surface area contributed by atoms with E-state index in [1.807, 2.05) is 23.1 Å². The van der Waals surface area contributed by atoms with Crippen molar-refractivity contribution in [2.24, 2.45) is 0 Å². The van der Waals surface area contributed by atoms with Gasteiger partial charge in [0.25, 0.3) is 5.92 Å². The average molecular weight is 400 g/mol. The SMILES string of the molecule is COc1cc(CN2CCC(F)(F)CC2)ccc1OC[C@@H](O)CN1CCOCC1. The highest BCUT2D eigenvalue weighted by Gasteiger charge is 2.33. The lowest BCUT2D eigenvalue weighted by atomic mass is 10.1. The monoisotopic (exact) mass is 400 g/mol. The number of morpholine rings is 1. The summed E-state index contributed by atoms with van der Waals surface area (Å²) in [6.45, 7) is 5.12. The Morgan fingerprint density at radius 2 is 1.82 bits per heavy atom. The summed E-state index contributed by atoms with van der Waals surface area (Å²) < 4.78 is 43.1. The lowest BCUT2D eigenvalue weighted by molar-refractivity contribution is -0.0566. The number of hydrogen-bond acceptors (Lipinski definition) is 6. The summed E-state index contributed by atoms with van der Waals surface area (Å²) in [6, 6.07) is 5.60. The number of methoxy groups -OCH3 is 1. The Kier molecular flexibility index (Phi) is 7.45. The van der Waals surface area contributed by atoms with Crippen LogP contribution >= 0.6 is 0 Å². The normalized spacial score (nSPS) is 22.0. The zero-order valence-corrected chi connectivity index (χ0v) is 16.4. The van der Waals surface area contributed by atoms with E-state index in [1.54, 1.807) is 7.11 Å². The van der Waals surface area contributed by atoms with E-state index in [-0.39, 0.29) is 19.4 Å². The summed E-state index contributed by atoms with van der Waals surface area (Å²) >= 11 is 0.